The highest BCUT2D eigenvalue weighted by Crippen LogP contribution is 2.35. The number of carbonyl (C=O) groups excluding carboxylic acids is 2. The smallest absolute Gasteiger partial charge is 0.277 e. The molecule has 6 heteroatoms. The number of aromatic nitrogens is 1. The number of ether oxygens (including phenoxy) is 1. The summed E-state index contributed by atoms with van der Waals surface area (Å²) in [4.78, 5) is 32.9. The molecule has 0 fully saturated rings. The van der Waals surface area contributed by atoms with Gasteiger partial charge in [0.15, 0.2) is 0 Å². The third kappa shape index (κ3) is 3.56. The Morgan fingerprint density at radius 2 is 1.78 bits per heavy atom. The lowest BCUT2D eigenvalue weighted by Gasteiger charge is -2.24. The molecule has 0 aliphatic carbocycles. The summed E-state index contributed by atoms with van der Waals surface area (Å²) < 4.78 is 5.43. The van der Waals surface area contributed by atoms with Crippen molar-refractivity contribution >= 4 is 17.4 Å². The van der Waals surface area contributed by atoms with Crippen LogP contribution in [0.15, 0.2) is 54.5 Å². The van der Waals surface area contributed by atoms with Crippen LogP contribution in [0.25, 0.3) is 5.57 Å². The van der Waals surface area contributed by atoms with Gasteiger partial charge in [-0.1, -0.05) is 18.2 Å². The van der Waals surface area contributed by atoms with E-state index < -0.39 is 0 Å². The third-order valence-corrected chi connectivity index (χ3v) is 4.76. The monoisotopic (exact) mass is 365 g/mol. The molecular formula is C21H23N3O3. The Hall–Kier alpha value is -3.15. The lowest BCUT2D eigenvalue weighted by Crippen LogP contribution is -2.33. The number of nitrogens with zero attached hydrogens (tertiary/aromatic N) is 3. The maximum Gasteiger partial charge on any atom is 0.277 e. The van der Waals surface area contributed by atoms with Crippen LogP contribution in [0.1, 0.15) is 18.1 Å². The number of imide groups is 1. The largest absolute Gasteiger partial charge is 0.496 e. The first kappa shape index (κ1) is 18.6. The lowest BCUT2D eigenvalue weighted by atomic mass is 10.0. The summed E-state index contributed by atoms with van der Waals surface area (Å²) in [5.74, 6) is -0.00835. The first-order valence-electron chi connectivity index (χ1n) is 8.92. The van der Waals surface area contributed by atoms with Crippen molar-refractivity contribution in [1.82, 2.24) is 14.8 Å². The summed E-state index contributed by atoms with van der Waals surface area (Å²) in [7, 11) is 3.08. The summed E-state index contributed by atoms with van der Waals surface area (Å²) in [5.41, 5.74) is 2.60. The van der Waals surface area contributed by atoms with Crippen molar-refractivity contribution in [3.8, 4) is 5.75 Å². The molecule has 3 rings (SSSR count). The van der Waals surface area contributed by atoms with E-state index >= 15 is 0 Å². The van der Waals surface area contributed by atoms with Gasteiger partial charge in [-0.15, -0.1) is 0 Å². The van der Waals surface area contributed by atoms with Crippen LogP contribution in [-0.2, 0) is 16.0 Å². The fourth-order valence-corrected chi connectivity index (χ4v) is 3.26. The van der Waals surface area contributed by atoms with Gasteiger partial charge in [-0.25, -0.2) is 0 Å². The van der Waals surface area contributed by atoms with Crippen LogP contribution >= 0.6 is 0 Å². The molecule has 0 saturated heterocycles. The van der Waals surface area contributed by atoms with E-state index in [-0.39, 0.29) is 11.8 Å². The number of hydrogen-bond donors (Lipinski definition) is 0. The van der Waals surface area contributed by atoms with Crippen molar-refractivity contribution in [1.29, 1.82) is 0 Å². The molecule has 2 aromatic rings. The molecular weight excluding hydrogens is 342 g/mol. The molecule has 1 aliphatic rings. The third-order valence-electron chi connectivity index (χ3n) is 4.76. The van der Waals surface area contributed by atoms with E-state index in [4.69, 9.17) is 4.74 Å². The molecule has 140 valence electrons. The van der Waals surface area contributed by atoms with Gasteiger partial charge in [0.1, 0.15) is 11.4 Å². The van der Waals surface area contributed by atoms with Crippen molar-refractivity contribution in [3.63, 3.8) is 0 Å². The Morgan fingerprint density at radius 3 is 2.44 bits per heavy atom. The molecule has 1 aromatic heterocycles. The number of para-hydroxylation sites is 1. The van der Waals surface area contributed by atoms with E-state index in [1.165, 1.54) is 11.9 Å². The van der Waals surface area contributed by atoms with Crippen molar-refractivity contribution in [2.45, 2.75) is 13.3 Å². The summed E-state index contributed by atoms with van der Waals surface area (Å²) >= 11 is 0. The molecule has 0 unspecified atom stereocenters. The fraction of sp³-hybridized carbons (Fsp3) is 0.286. The van der Waals surface area contributed by atoms with Gasteiger partial charge in [-0.05, 0) is 37.1 Å². The SMILES string of the molecule is CCN(CCc1ccncc1)C1=C(c2ccccc2OC)C(=O)N(C)C1=O. The highest BCUT2D eigenvalue weighted by Gasteiger charge is 2.40. The van der Waals surface area contributed by atoms with Gasteiger partial charge in [0, 0.05) is 38.1 Å². The van der Waals surface area contributed by atoms with Crippen LogP contribution in [0.2, 0.25) is 0 Å². The standard InChI is InChI=1S/C21H23N3O3/c1-4-24(14-11-15-9-12-22-13-10-15)19-18(20(25)23(2)21(19)26)16-7-5-6-8-17(16)27-3/h5-10,12-13H,4,11,14H2,1-3H3. The number of amides is 2. The van der Waals surface area contributed by atoms with Gasteiger partial charge in [0.25, 0.3) is 11.8 Å². The second-order valence-electron chi connectivity index (χ2n) is 6.28. The molecule has 0 spiro atoms. The van der Waals surface area contributed by atoms with E-state index in [0.717, 1.165) is 12.0 Å². The number of likely N-dealkylation sites (N-methyl/N-ethyl adjacent to an activating group) is 2. The minimum atomic E-state index is -0.304. The quantitative estimate of drug-likeness (QED) is 0.705. The van der Waals surface area contributed by atoms with Gasteiger partial charge in [0.2, 0.25) is 0 Å². The summed E-state index contributed by atoms with van der Waals surface area (Å²) in [6.07, 6.45) is 4.26. The number of pyridine rings is 1. The highest BCUT2D eigenvalue weighted by atomic mass is 16.5. The molecule has 0 N–H and O–H groups in total. The van der Waals surface area contributed by atoms with Crippen LogP contribution in [-0.4, -0.2) is 53.8 Å². The fourth-order valence-electron chi connectivity index (χ4n) is 3.26. The highest BCUT2D eigenvalue weighted by molar-refractivity contribution is 6.35. The minimum absolute atomic E-state index is 0.280. The van der Waals surface area contributed by atoms with Crippen LogP contribution in [0.4, 0.5) is 0 Å². The number of carbonyl (C=O) groups is 2. The molecule has 1 aromatic carbocycles. The minimum Gasteiger partial charge on any atom is -0.496 e. The van der Waals surface area contributed by atoms with Crippen molar-refractivity contribution < 1.29 is 14.3 Å². The summed E-state index contributed by atoms with van der Waals surface area (Å²) in [6.45, 7) is 3.22. The Morgan fingerprint density at radius 1 is 1.07 bits per heavy atom. The number of hydrogen-bond acceptors (Lipinski definition) is 5. The van der Waals surface area contributed by atoms with Gasteiger partial charge in [-0.3, -0.25) is 19.5 Å². The van der Waals surface area contributed by atoms with E-state index in [1.54, 1.807) is 25.6 Å². The van der Waals surface area contributed by atoms with Crippen LogP contribution in [0.3, 0.4) is 0 Å². The molecule has 6 nitrogen and oxygen atoms in total. The van der Waals surface area contributed by atoms with Gasteiger partial charge in [0.05, 0.1) is 12.7 Å². The molecule has 0 atom stereocenters. The van der Waals surface area contributed by atoms with Crippen molar-refractivity contribution in [3.05, 3.63) is 65.6 Å². The zero-order valence-corrected chi connectivity index (χ0v) is 15.8. The molecule has 2 heterocycles. The summed E-state index contributed by atoms with van der Waals surface area (Å²) in [6, 6.07) is 11.2. The second-order valence-corrected chi connectivity index (χ2v) is 6.28. The molecule has 1 aliphatic heterocycles. The number of rotatable bonds is 7. The predicted molar refractivity (Wildman–Crippen MR) is 103 cm³/mol. The average Bonchev–Trinajstić information content (AvgIpc) is 2.93. The molecule has 27 heavy (non-hydrogen) atoms. The first-order valence-corrected chi connectivity index (χ1v) is 8.92. The Bertz CT molecular complexity index is 877. The summed E-state index contributed by atoms with van der Waals surface area (Å²) in [5, 5.41) is 0. The Balaban J connectivity index is 2.02. The van der Waals surface area contributed by atoms with E-state index in [0.29, 0.717) is 35.7 Å². The topological polar surface area (TPSA) is 62.7 Å². The van der Waals surface area contributed by atoms with Gasteiger partial charge < -0.3 is 9.64 Å². The second kappa shape index (κ2) is 8.03. The van der Waals surface area contributed by atoms with Crippen molar-refractivity contribution in [2.75, 3.05) is 27.2 Å². The van der Waals surface area contributed by atoms with Gasteiger partial charge in [-0.2, -0.15) is 0 Å². The molecule has 0 radical (unpaired) electrons. The van der Waals surface area contributed by atoms with E-state index in [9.17, 15) is 9.59 Å². The maximum absolute atomic E-state index is 12.9. The first-order chi connectivity index (χ1) is 13.1. The Kier molecular flexibility index (Phi) is 5.54. The zero-order chi connectivity index (χ0) is 19.4. The normalized spacial score (nSPS) is 14.1. The van der Waals surface area contributed by atoms with Crippen LogP contribution in [0.5, 0.6) is 5.75 Å². The van der Waals surface area contributed by atoms with Crippen LogP contribution < -0.4 is 4.74 Å². The molecule has 0 bridgehead atoms. The molecule has 0 saturated carbocycles. The lowest BCUT2D eigenvalue weighted by molar-refractivity contribution is -0.135. The maximum atomic E-state index is 12.9. The van der Waals surface area contributed by atoms with Crippen molar-refractivity contribution in [2.24, 2.45) is 0 Å². The number of benzene rings is 1. The van der Waals surface area contributed by atoms with Crippen LogP contribution in [0, 0.1) is 0 Å². The number of methoxy groups -OCH3 is 1. The molecule has 2 amide bonds. The zero-order valence-electron chi connectivity index (χ0n) is 15.8. The average molecular weight is 365 g/mol. The van der Waals surface area contributed by atoms with E-state index in [1.807, 2.05) is 42.2 Å². The Labute approximate surface area is 159 Å². The van der Waals surface area contributed by atoms with E-state index in [2.05, 4.69) is 4.98 Å². The van der Waals surface area contributed by atoms with Gasteiger partial charge >= 0.3 is 0 Å². The predicted octanol–water partition coefficient (Wildman–Crippen LogP) is 2.36.